The molecule has 0 radical (unpaired) electrons. The van der Waals surface area contributed by atoms with Crippen LogP contribution in [0.3, 0.4) is 0 Å². The molecule has 1 aliphatic heterocycles. The molecule has 0 aliphatic carbocycles. The van der Waals surface area contributed by atoms with Crippen molar-refractivity contribution in [2.45, 2.75) is 26.3 Å². The van der Waals surface area contributed by atoms with E-state index in [2.05, 4.69) is 15.2 Å². The van der Waals surface area contributed by atoms with Gasteiger partial charge in [-0.2, -0.15) is 0 Å². The van der Waals surface area contributed by atoms with E-state index in [-0.39, 0.29) is 11.8 Å². The molecule has 0 unspecified atom stereocenters. The molecule has 0 atom stereocenters. The second-order valence-corrected chi connectivity index (χ2v) is 7.31. The van der Waals surface area contributed by atoms with Crippen LogP contribution in [0, 0.1) is 18.7 Å². The molecule has 1 saturated heterocycles. The number of hydrogen-bond acceptors (Lipinski definition) is 4. The Kier molecular flexibility index (Phi) is 6.43. The molecule has 2 aromatic rings. The smallest absolute Gasteiger partial charge is 0.323 e. The Hall–Kier alpha value is -3.00. The number of amides is 3. The van der Waals surface area contributed by atoms with Crippen LogP contribution in [0.25, 0.3) is 0 Å². The lowest BCUT2D eigenvalue weighted by molar-refractivity contribution is -0.125. The number of urea groups is 1. The summed E-state index contributed by atoms with van der Waals surface area (Å²) in [5.41, 5.74) is 7.95. The molecule has 3 N–H and O–H groups in total. The lowest BCUT2D eigenvalue weighted by Gasteiger charge is -2.31. The van der Waals surface area contributed by atoms with Gasteiger partial charge in [0.1, 0.15) is 5.82 Å². The fourth-order valence-corrected chi connectivity index (χ4v) is 3.67. The van der Waals surface area contributed by atoms with E-state index >= 15 is 0 Å². The molecule has 7 nitrogen and oxygen atoms in total. The number of rotatable bonds is 5. The molecular formula is C21H26FN5O2. The number of nitrogens with one attached hydrogen (secondary N) is 1. The molecule has 29 heavy (non-hydrogen) atoms. The third kappa shape index (κ3) is 5.08. The standard InChI is InChI=1S/C21H26FN5O2/c1-14-3-4-18(12-25-14)27(21(23)29)19-10-15(9-17(22)11-19)13-26-7-5-16(6-8-26)20(28)24-2/h3-4,9-12,16H,5-8,13H2,1-2H3,(H2,23,29)(H,24,28). The largest absolute Gasteiger partial charge is 0.359 e. The van der Waals surface area contributed by atoms with Crippen molar-refractivity contribution in [1.29, 1.82) is 0 Å². The molecule has 8 heteroatoms. The zero-order chi connectivity index (χ0) is 21.0. The predicted octanol–water partition coefficient (Wildman–Crippen LogP) is 2.70. The van der Waals surface area contributed by atoms with Gasteiger partial charge in [0.05, 0.1) is 17.6 Å². The number of hydrogen-bond donors (Lipinski definition) is 2. The maximum absolute atomic E-state index is 14.3. The summed E-state index contributed by atoms with van der Waals surface area (Å²) in [4.78, 5) is 31.5. The molecule has 0 saturated carbocycles. The van der Waals surface area contributed by atoms with Crippen molar-refractivity contribution < 1.29 is 14.0 Å². The highest BCUT2D eigenvalue weighted by Gasteiger charge is 2.24. The second kappa shape index (κ2) is 9.00. The maximum Gasteiger partial charge on any atom is 0.323 e. The normalized spacial score (nSPS) is 15.1. The summed E-state index contributed by atoms with van der Waals surface area (Å²) >= 11 is 0. The Balaban J connectivity index is 1.78. The first-order valence-electron chi connectivity index (χ1n) is 9.63. The summed E-state index contributed by atoms with van der Waals surface area (Å²) in [6, 6.07) is 7.29. The first-order chi connectivity index (χ1) is 13.9. The van der Waals surface area contributed by atoms with E-state index < -0.39 is 11.8 Å². The summed E-state index contributed by atoms with van der Waals surface area (Å²) in [7, 11) is 1.65. The maximum atomic E-state index is 14.3. The van der Waals surface area contributed by atoms with Crippen LogP contribution in [-0.2, 0) is 11.3 Å². The molecular weight excluding hydrogens is 373 g/mol. The van der Waals surface area contributed by atoms with E-state index in [0.717, 1.165) is 37.2 Å². The summed E-state index contributed by atoms with van der Waals surface area (Å²) in [6.07, 6.45) is 3.07. The third-order valence-corrected chi connectivity index (χ3v) is 5.19. The van der Waals surface area contributed by atoms with Gasteiger partial charge < -0.3 is 11.1 Å². The number of aryl methyl sites for hydroxylation is 1. The zero-order valence-corrected chi connectivity index (χ0v) is 16.7. The molecule has 2 heterocycles. The Morgan fingerprint density at radius 1 is 1.24 bits per heavy atom. The van der Waals surface area contributed by atoms with Gasteiger partial charge >= 0.3 is 6.03 Å². The molecule has 154 valence electrons. The third-order valence-electron chi connectivity index (χ3n) is 5.19. The number of nitrogens with two attached hydrogens (primary N) is 1. The van der Waals surface area contributed by atoms with Gasteiger partial charge in [0.15, 0.2) is 0 Å². The van der Waals surface area contributed by atoms with Gasteiger partial charge in [0.25, 0.3) is 0 Å². The SMILES string of the molecule is CNC(=O)C1CCN(Cc2cc(F)cc(N(C(N)=O)c3ccc(C)nc3)c2)CC1. The molecule has 0 spiro atoms. The molecule has 0 bridgehead atoms. The molecule has 3 amide bonds. The summed E-state index contributed by atoms with van der Waals surface area (Å²) in [5, 5.41) is 2.69. The average molecular weight is 399 g/mol. The number of halogens is 1. The quantitative estimate of drug-likeness (QED) is 0.809. The minimum atomic E-state index is -0.710. The average Bonchev–Trinajstić information content (AvgIpc) is 2.69. The number of benzene rings is 1. The Bertz CT molecular complexity index is 879. The molecule has 1 aromatic carbocycles. The number of nitrogens with zero attached hydrogens (tertiary/aromatic N) is 3. The minimum Gasteiger partial charge on any atom is -0.359 e. The molecule has 1 aromatic heterocycles. The van der Waals surface area contributed by atoms with Crippen molar-refractivity contribution in [1.82, 2.24) is 15.2 Å². The molecule has 1 aliphatic rings. The summed E-state index contributed by atoms with van der Waals surface area (Å²) in [5.74, 6) is -0.343. The fourth-order valence-electron chi connectivity index (χ4n) is 3.67. The number of likely N-dealkylation sites (tertiary alicyclic amines) is 1. The Labute approximate surface area is 169 Å². The van der Waals surface area contributed by atoms with Crippen molar-refractivity contribution in [3.8, 4) is 0 Å². The van der Waals surface area contributed by atoms with Crippen LogP contribution >= 0.6 is 0 Å². The second-order valence-electron chi connectivity index (χ2n) is 7.31. The summed E-state index contributed by atoms with van der Waals surface area (Å²) in [6.45, 7) is 3.88. The lowest BCUT2D eigenvalue weighted by atomic mass is 9.95. The highest BCUT2D eigenvalue weighted by atomic mass is 19.1. The van der Waals surface area contributed by atoms with Crippen molar-refractivity contribution in [3.05, 3.63) is 53.6 Å². The van der Waals surface area contributed by atoms with E-state index in [1.165, 1.54) is 23.2 Å². The number of aromatic nitrogens is 1. The van der Waals surface area contributed by atoms with Crippen LogP contribution in [-0.4, -0.2) is 42.0 Å². The summed E-state index contributed by atoms with van der Waals surface area (Å²) < 4.78 is 14.3. The first kappa shape index (κ1) is 20.7. The van der Waals surface area contributed by atoms with Gasteiger partial charge in [-0.25, -0.2) is 9.18 Å². The van der Waals surface area contributed by atoms with Gasteiger partial charge in [-0.05, 0) is 68.8 Å². The van der Waals surface area contributed by atoms with Gasteiger partial charge in [-0.15, -0.1) is 0 Å². The van der Waals surface area contributed by atoms with E-state index in [1.54, 1.807) is 25.2 Å². The van der Waals surface area contributed by atoms with Crippen LogP contribution in [0.4, 0.5) is 20.6 Å². The molecule has 1 fully saturated rings. The van der Waals surface area contributed by atoms with Crippen molar-refractivity contribution in [2.75, 3.05) is 25.0 Å². The number of primary amides is 1. The number of piperidine rings is 1. The van der Waals surface area contributed by atoms with Gasteiger partial charge in [-0.1, -0.05) is 0 Å². The van der Waals surface area contributed by atoms with E-state index in [0.29, 0.717) is 17.9 Å². The minimum absolute atomic E-state index is 0.0266. The fraction of sp³-hybridized carbons (Fsp3) is 0.381. The van der Waals surface area contributed by atoms with Gasteiger partial charge in [0, 0.05) is 25.2 Å². The first-order valence-corrected chi connectivity index (χ1v) is 9.63. The number of carbonyl (C=O) groups is 2. The van der Waals surface area contributed by atoms with Crippen LogP contribution in [0.15, 0.2) is 36.5 Å². The van der Waals surface area contributed by atoms with Crippen molar-refractivity contribution >= 4 is 23.3 Å². The van der Waals surface area contributed by atoms with Crippen LogP contribution < -0.4 is 16.0 Å². The lowest BCUT2D eigenvalue weighted by Crippen LogP contribution is -2.39. The Morgan fingerprint density at radius 3 is 2.55 bits per heavy atom. The van der Waals surface area contributed by atoms with Crippen LogP contribution in [0.5, 0.6) is 0 Å². The van der Waals surface area contributed by atoms with E-state index in [4.69, 9.17) is 5.73 Å². The Morgan fingerprint density at radius 2 is 1.97 bits per heavy atom. The van der Waals surface area contributed by atoms with Gasteiger partial charge in [-0.3, -0.25) is 19.6 Å². The molecule has 3 rings (SSSR count). The number of pyridine rings is 1. The van der Waals surface area contributed by atoms with Crippen molar-refractivity contribution in [3.63, 3.8) is 0 Å². The number of carbonyl (C=O) groups excluding carboxylic acids is 2. The topological polar surface area (TPSA) is 91.6 Å². The monoisotopic (exact) mass is 399 g/mol. The van der Waals surface area contributed by atoms with Crippen LogP contribution in [0.2, 0.25) is 0 Å². The number of anilines is 2. The highest BCUT2D eigenvalue weighted by molar-refractivity contribution is 5.98. The highest BCUT2D eigenvalue weighted by Crippen LogP contribution is 2.28. The van der Waals surface area contributed by atoms with E-state index in [1.807, 2.05) is 6.92 Å². The van der Waals surface area contributed by atoms with Crippen molar-refractivity contribution in [2.24, 2.45) is 11.7 Å². The predicted molar refractivity (Wildman–Crippen MR) is 109 cm³/mol. The zero-order valence-electron chi connectivity index (χ0n) is 16.7. The van der Waals surface area contributed by atoms with Crippen LogP contribution in [0.1, 0.15) is 24.1 Å². The van der Waals surface area contributed by atoms with E-state index in [9.17, 15) is 14.0 Å². The van der Waals surface area contributed by atoms with Gasteiger partial charge in [0.2, 0.25) is 5.91 Å².